The van der Waals surface area contributed by atoms with E-state index < -0.39 is 6.04 Å². The molecule has 0 radical (unpaired) electrons. The second kappa shape index (κ2) is 11.9. The normalized spacial score (nSPS) is 28.4. The SMILES string of the molecule is CCCOc1ccc(NC(=O)C[C@@H]2C(=O)N(c3ccc(Cl)cc3)C(=S)N2CCOC23CC4CC(CC(C4)C2)C3)cc1. The first kappa shape index (κ1) is 28.4. The molecule has 5 fully saturated rings. The van der Waals surface area contributed by atoms with Gasteiger partial charge < -0.3 is 19.7 Å². The molecule has 9 heteroatoms. The second-order valence-electron chi connectivity index (χ2n) is 12.2. The largest absolute Gasteiger partial charge is 0.494 e. The first-order chi connectivity index (χ1) is 19.8. The summed E-state index contributed by atoms with van der Waals surface area (Å²) in [4.78, 5) is 30.3. The summed E-state index contributed by atoms with van der Waals surface area (Å²) in [6.45, 7) is 3.63. The minimum absolute atomic E-state index is 0.0193. The van der Waals surface area contributed by atoms with Crippen molar-refractivity contribution in [1.82, 2.24) is 4.90 Å². The Kier molecular flexibility index (Phi) is 8.25. The number of ether oxygens (including phenoxy) is 2. The minimum atomic E-state index is -0.717. The molecule has 4 saturated carbocycles. The highest BCUT2D eigenvalue weighted by Gasteiger charge is 2.52. The fraction of sp³-hybridized carbons (Fsp3) is 0.531. The molecule has 218 valence electrons. The Hall–Kier alpha value is -2.68. The Morgan fingerprint density at radius 3 is 2.24 bits per heavy atom. The lowest BCUT2D eigenvalue weighted by atomic mass is 9.54. The molecule has 0 aromatic heterocycles. The van der Waals surface area contributed by atoms with E-state index >= 15 is 0 Å². The van der Waals surface area contributed by atoms with E-state index in [0.29, 0.717) is 41.3 Å². The molecule has 0 spiro atoms. The number of nitrogens with zero attached hydrogens (tertiary/aromatic N) is 2. The molecule has 41 heavy (non-hydrogen) atoms. The first-order valence-corrected chi connectivity index (χ1v) is 15.7. The van der Waals surface area contributed by atoms with Crippen LogP contribution in [0.25, 0.3) is 0 Å². The lowest BCUT2D eigenvalue weighted by Gasteiger charge is -2.56. The van der Waals surface area contributed by atoms with Gasteiger partial charge in [-0.3, -0.25) is 14.5 Å². The molecule has 5 aliphatic rings. The lowest BCUT2D eigenvalue weighted by Crippen LogP contribution is -2.52. The number of nitrogens with one attached hydrogen (secondary N) is 1. The van der Waals surface area contributed by atoms with Crippen LogP contribution in [0.1, 0.15) is 58.3 Å². The lowest BCUT2D eigenvalue weighted by molar-refractivity contribution is -0.163. The molecule has 7 nitrogen and oxygen atoms in total. The van der Waals surface area contributed by atoms with Crippen molar-refractivity contribution in [1.29, 1.82) is 0 Å². The van der Waals surface area contributed by atoms with Gasteiger partial charge in [-0.15, -0.1) is 0 Å². The highest BCUT2D eigenvalue weighted by molar-refractivity contribution is 7.80. The molecule has 2 aromatic rings. The maximum atomic E-state index is 13.8. The average molecular weight is 596 g/mol. The van der Waals surface area contributed by atoms with E-state index in [1.54, 1.807) is 36.4 Å². The van der Waals surface area contributed by atoms with Crippen molar-refractivity contribution in [2.45, 2.75) is 69.9 Å². The predicted molar refractivity (Wildman–Crippen MR) is 164 cm³/mol. The van der Waals surface area contributed by atoms with Gasteiger partial charge in [0.05, 0.1) is 30.9 Å². The van der Waals surface area contributed by atoms with Crippen molar-refractivity contribution in [2.75, 3.05) is 30.0 Å². The van der Waals surface area contributed by atoms with Gasteiger partial charge >= 0.3 is 0 Å². The summed E-state index contributed by atoms with van der Waals surface area (Å²) < 4.78 is 12.3. The maximum absolute atomic E-state index is 13.8. The van der Waals surface area contributed by atoms with Crippen LogP contribution in [0.5, 0.6) is 5.75 Å². The number of carbonyl (C=O) groups excluding carboxylic acids is 2. The zero-order valence-electron chi connectivity index (χ0n) is 23.5. The molecule has 1 aliphatic heterocycles. The van der Waals surface area contributed by atoms with Crippen LogP contribution in [-0.4, -0.2) is 53.2 Å². The highest BCUT2D eigenvalue weighted by Crippen LogP contribution is 2.57. The van der Waals surface area contributed by atoms with Crippen LogP contribution >= 0.6 is 23.8 Å². The molecule has 0 unspecified atom stereocenters. The molecule has 1 heterocycles. The Bertz CT molecular complexity index is 1250. The number of benzene rings is 2. The van der Waals surface area contributed by atoms with Crippen molar-refractivity contribution in [3.8, 4) is 5.75 Å². The van der Waals surface area contributed by atoms with Crippen LogP contribution in [0.3, 0.4) is 0 Å². The Labute approximate surface area is 252 Å². The Morgan fingerprint density at radius 1 is 1.00 bits per heavy atom. The maximum Gasteiger partial charge on any atom is 0.256 e. The third kappa shape index (κ3) is 6.11. The van der Waals surface area contributed by atoms with Crippen LogP contribution in [0.2, 0.25) is 5.02 Å². The van der Waals surface area contributed by atoms with Crippen LogP contribution in [0.4, 0.5) is 11.4 Å². The van der Waals surface area contributed by atoms with Crippen molar-refractivity contribution in [3.05, 3.63) is 53.6 Å². The quantitative estimate of drug-likeness (QED) is 0.301. The number of hydrogen-bond donors (Lipinski definition) is 1. The van der Waals surface area contributed by atoms with Crippen molar-refractivity contribution in [2.24, 2.45) is 17.8 Å². The first-order valence-electron chi connectivity index (χ1n) is 14.9. The molecule has 7 rings (SSSR count). The number of thiocarbonyl (C=S) groups is 1. The molecule has 2 amide bonds. The molecular formula is C32H38ClN3O4S. The van der Waals surface area contributed by atoms with Gasteiger partial charge in [-0.2, -0.15) is 0 Å². The van der Waals surface area contributed by atoms with Crippen LogP contribution < -0.4 is 15.0 Å². The summed E-state index contributed by atoms with van der Waals surface area (Å²) in [5.41, 5.74) is 1.26. The predicted octanol–water partition coefficient (Wildman–Crippen LogP) is 6.45. The minimum Gasteiger partial charge on any atom is -0.494 e. The molecule has 1 N–H and O–H groups in total. The highest BCUT2D eigenvalue weighted by atomic mass is 35.5. The zero-order chi connectivity index (χ0) is 28.6. The zero-order valence-corrected chi connectivity index (χ0v) is 25.1. The van der Waals surface area contributed by atoms with Crippen LogP contribution in [-0.2, 0) is 14.3 Å². The summed E-state index contributed by atoms with van der Waals surface area (Å²) >= 11 is 11.9. The van der Waals surface area contributed by atoms with E-state index in [1.165, 1.54) is 24.2 Å². The number of hydrogen-bond acceptors (Lipinski definition) is 5. The molecule has 1 atom stereocenters. The van der Waals surface area contributed by atoms with E-state index in [9.17, 15) is 9.59 Å². The summed E-state index contributed by atoms with van der Waals surface area (Å²) in [7, 11) is 0. The number of anilines is 2. The summed E-state index contributed by atoms with van der Waals surface area (Å²) in [5.74, 6) is 2.66. The van der Waals surface area contributed by atoms with Gasteiger partial charge in [-0.1, -0.05) is 18.5 Å². The van der Waals surface area contributed by atoms with Gasteiger partial charge in [0.15, 0.2) is 5.11 Å². The third-order valence-corrected chi connectivity index (χ3v) is 9.78. The van der Waals surface area contributed by atoms with E-state index in [0.717, 1.165) is 49.2 Å². The number of rotatable bonds is 11. The monoisotopic (exact) mass is 595 g/mol. The van der Waals surface area contributed by atoms with E-state index in [2.05, 4.69) is 12.2 Å². The summed E-state index contributed by atoms with van der Waals surface area (Å²) in [5, 5.41) is 3.90. The number of amides is 2. The van der Waals surface area contributed by atoms with E-state index in [1.807, 2.05) is 17.0 Å². The topological polar surface area (TPSA) is 71.1 Å². The fourth-order valence-electron chi connectivity index (χ4n) is 7.73. The van der Waals surface area contributed by atoms with Gasteiger partial charge in [0, 0.05) is 17.3 Å². The fourth-order valence-corrected chi connectivity index (χ4v) is 8.27. The average Bonchev–Trinajstić information content (AvgIpc) is 3.16. The number of halogens is 1. The van der Waals surface area contributed by atoms with Gasteiger partial charge in [-0.05, 0) is 123 Å². The van der Waals surface area contributed by atoms with Gasteiger partial charge in [-0.25, -0.2) is 0 Å². The van der Waals surface area contributed by atoms with Crippen LogP contribution in [0.15, 0.2) is 48.5 Å². The van der Waals surface area contributed by atoms with Gasteiger partial charge in [0.25, 0.3) is 5.91 Å². The van der Waals surface area contributed by atoms with Crippen LogP contribution in [0, 0.1) is 17.8 Å². The molecule has 4 aliphatic carbocycles. The Morgan fingerprint density at radius 2 is 1.63 bits per heavy atom. The molecule has 4 bridgehead atoms. The molecular weight excluding hydrogens is 558 g/mol. The van der Waals surface area contributed by atoms with E-state index in [4.69, 9.17) is 33.3 Å². The van der Waals surface area contributed by atoms with Crippen molar-refractivity contribution >= 4 is 52.1 Å². The van der Waals surface area contributed by atoms with Crippen molar-refractivity contribution in [3.63, 3.8) is 0 Å². The smallest absolute Gasteiger partial charge is 0.256 e. The van der Waals surface area contributed by atoms with Gasteiger partial charge in [0.2, 0.25) is 5.91 Å². The number of carbonyl (C=O) groups is 2. The summed E-state index contributed by atoms with van der Waals surface area (Å²) in [6.07, 6.45) is 8.41. The van der Waals surface area contributed by atoms with E-state index in [-0.39, 0.29) is 23.8 Å². The summed E-state index contributed by atoms with van der Waals surface area (Å²) in [6, 6.07) is 13.6. The third-order valence-electron chi connectivity index (χ3n) is 9.12. The van der Waals surface area contributed by atoms with Gasteiger partial charge in [0.1, 0.15) is 11.8 Å². The standard InChI is InChI=1S/C32H38ClN3O4S/c1-2-12-39-27-9-5-25(6-10-27)34-29(37)17-28-30(38)36(26-7-3-24(33)4-8-26)31(41)35(28)11-13-40-32-18-21-14-22(19-32)16-23(15-21)20-32/h3-10,21-23,28H,2,11-20H2,1H3,(H,34,37)/t21?,22?,23?,28-,32?/m1/s1. The van der Waals surface area contributed by atoms with Crippen molar-refractivity contribution < 1.29 is 19.1 Å². The second-order valence-corrected chi connectivity index (χ2v) is 13.0. The Balaban J connectivity index is 1.14. The molecule has 1 saturated heterocycles. The molecule has 2 aromatic carbocycles.